The normalized spacial score (nSPS) is 20.4. The van der Waals surface area contributed by atoms with Crippen LogP contribution in [0.5, 0.6) is 0 Å². The van der Waals surface area contributed by atoms with Crippen LogP contribution in [0.1, 0.15) is 21.5 Å². The van der Waals surface area contributed by atoms with Crippen molar-refractivity contribution in [3.8, 4) is 0 Å². The summed E-state index contributed by atoms with van der Waals surface area (Å²) in [5.41, 5.74) is 5.38. The zero-order valence-electron chi connectivity index (χ0n) is 10.3. The van der Waals surface area contributed by atoms with Crippen LogP contribution in [0.15, 0.2) is 53.0 Å². The summed E-state index contributed by atoms with van der Waals surface area (Å²) < 4.78 is 6.16. The largest absolute Gasteiger partial charge is 0.435 e. The minimum atomic E-state index is -1.56. The van der Waals surface area contributed by atoms with Gasteiger partial charge in [0.05, 0.1) is 5.56 Å². The fourth-order valence-corrected chi connectivity index (χ4v) is 2.86. The maximum Gasteiger partial charge on any atom is 0.340 e. The van der Waals surface area contributed by atoms with Crippen molar-refractivity contribution in [1.82, 2.24) is 0 Å². The second kappa shape index (κ2) is 4.45. The fraction of sp³-hybridized carbons (Fsp3) is 0.0667. The van der Waals surface area contributed by atoms with Gasteiger partial charge in [0.2, 0.25) is 5.60 Å². The number of halogens is 1. The summed E-state index contributed by atoms with van der Waals surface area (Å²) in [4.78, 5) is 24.1. The molecule has 3 rings (SSSR count). The van der Waals surface area contributed by atoms with Crippen LogP contribution in [0.4, 0.5) is 0 Å². The van der Waals surface area contributed by atoms with E-state index in [9.17, 15) is 9.59 Å². The Hall–Kier alpha value is -2.14. The van der Waals surface area contributed by atoms with E-state index in [1.807, 2.05) is 6.07 Å². The lowest BCUT2D eigenvalue weighted by molar-refractivity contribution is -0.132. The third-order valence-electron chi connectivity index (χ3n) is 3.35. The summed E-state index contributed by atoms with van der Waals surface area (Å²) in [6, 6.07) is 13.8. The average molecular weight is 332 g/mol. The minimum absolute atomic E-state index is 0.367. The van der Waals surface area contributed by atoms with Crippen LogP contribution < -0.4 is 5.73 Å². The van der Waals surface area contributed by atoms with Gasteiger partial charge in [-0.2, -0.15) is 0 Å². The summed E-state index contributed by atoms with van der Waals surface area (Å²) in [5.74, 6) is -1.26. The highest BCUT2D eigenvalue weighted by molar-refractivity contribution is 9.10. The van der Waals surface area contributed by atoms with E-state index >= 15 is 0 Å². The zero-order chi connectivity index (χ0) is 14.3. The number of benzene rings is 2. The highest BCUT2D eigenvalue weighted by Gasteiger charge is 2.51. The van der Waals surface area contributed by atoms with Crippen molar-refractivity contribution in [3.05, 3.63) is 69.7 Å². The Morgan fingerprint density at radius 2 is 1.90 bits per heavy atom. The second-order valence-corrected chi connectivity index (χ2v) is 5.41. The SMILES string of the molecule is NC(=O)C1(c2cccc(Br)c2)OC(=O)c2ccccc21. The first kappa shape index (κ1) is 12.9. The maximum atomic E-state index is 12.1. The molecule has 1 aliphatic heterocycles. The van der Waals surface area contributed by atoms with Gasteiger partial charge in [-0.1, -0.05) is 46.3 Å². The van der Waals surface area contributed by atoms with Crippen molar-refractivity contribution in [1.29, 1.82) is 0 Å². The van der Waals surface area contributed by atoms with E-state index in [2.05, 4.69) is 15.9 Å². The monoisotopic (exact) mass is 331 g/mol. The zero-order valence-corrected chi connectivity index (χ0v) is 11.9. The first-order chi connectivity index (χ1) is 9.55. The lowest BCUT2D eigenvalue weighted by Crippen LogP contribution is -2.42. The Kier molecular flexibility index (Phi) is 2.87. The molecule has 20 heavy (non-hydrogen) atoms. The number of rotatable bonds is 2. The molecule has 0 bridgehead atoms. The summed E-state index contributed by atoms with van der Waals surface area (Å²) in [6.45, 7) is 0. The molecular formula is C15H10BrNO3. The van der Waals surface area contributed by atoms with Crippen LogP contribution in [0.25, 0.3) is 0 Å². The third kappa shape index (κ3) is 1.67. The predicted molar refractivity (Wildman–Crippen MR) is 76.0 cm³/mol. The maximum absolute atomic E-state index is 12.1. The number of fused-ring (bicyclic) bond motifs is 1. The molecule has 0 fully saturated rings. The van der Waals surface area contributed by atoms with Gasteiger partial charge in [0, 0.05) is 15.6 Å². The van der Waals surface area contributed by atoms with E-state index in [0.717, 1.165) is 4.47 Å². The number of amides is 1. The average Bonchev–Trinajstić information content (AvgIpc) is 2.74. The highest BCUT2D eigenvalue weighted by Crippen LogP contribution is 2.42. The Morgan fingerprint density at radius 1 is 1.15 bits per heavy atom. The van der Waals surface area contributed by atoms with Crippen LogP contribution in [0.2, 0.25) is 0 Å². The molecule has 1 heterocycles. The number of esters is 1. The predicted octanol–water partition coefficient (Wildman–Crippen LogP) is 2.35. The van der Waals surface area contributed by atoms with Crippen molar-refractivity contribution in [2.45, 2.75) is 5.60 Å². The smallest absolute Gasteiger partial charge is 0.340 e. The molecule has 5 heteroatoms. The van der Waals surface area contributed by atoms with Crippen LogP contribution in [0.3, 0.4) is 0 Å². The van der Waals surface area contributed by atoms with Crippen LogP contribution >= 0.6 is 15.9 Å². The number of cyclic esters (lactones) is 1. The third-order valence-corrected chi connectivity index (χ3v) is 3.84. The minimum Gasteiger partial charge on any atom is -0.435 e. The molecular weight excluding hydrogens is 322 g/mol. The van der Waals surface area contributed by atoms with Gasteiger partial charge < -0.3 is 10.5 Å². The molecule has 0 aromatic heterocycles. The van der Waals surface area contributed by atoms with Gasteiger partial charge in [0.1, 0.15) is 0 Å². The molecule has 0 radical (unpaired) electrons. The van der Waals surface area contributed by atoms with E-state index in [1.165, 1.54) is 0 Å². The first-order valence-corrected chi connectivity index (χ1v) is 6.74. The molecule has 100 valence electrons. The number of hydrogen-bond donors (Lipinski definition) is 1. The molecule has 0 aliphatic carbocycles. The van der Waals surface area contributed by atoms with E-state index in [-0.39, 0.29) is 0 Å². The molecule has 0 saturated carbocycles. The van der Waals surface area contributed by atoms with E-state index in [1.54, 1.807) is 42.5 Å². The van der Waals surface area contributed by atoms with Gasteiger partial charge in [-0.15, -0.1) is 0 Å². The number of ether oxygens (including phenoxy) is 1. The van der Waals surface area contributed by atoms with Crippen LogP contribution in [0, 0.1) is 0 Å². The van der Waals surface area contributed by atoms with Crippen molar-refractivity contribution in [3.63, 3.8) is 0 Å². The number of carbonyl (C=O) groups excluding carboxylic acids is 2. The molecule has 2 aromatic rings. The molecule has 0 saturated heterocycles. The van der Waals surface area contributed by atoms with Crippen molar-refractivity contribution in [2.24, 2.45) is 5.73 Å². The number of carbonyl (C=O) groups is 2. The van der Waals surface area contributed by atoms with Gasteiger partial charge in [-0.3, -0.25) is 4.79 Å². The molecule has 1 aliphatic rings. The number of hydrogen-bond acceptors (Lipinski definition) is 3. The van der Waals surface area contributed by atoms with Crippen LogP contribution in [-0.4, -0.2) is 11.9 Å². The highest BCUT2D eigenvalue weighted by atomic mass is 79.9. The lowest BCUT2D eigenvalue weighted by Gasteiger charge is -2.25. The molecule has 4 nitrogen and oxygen atoms in total. The Balaban J connectivity index is 2.32. The van der Waals surface area contributed by atoms with Gasteiger partial charge in [-0.25, -0.2) is 4.79 Å². The molecule has 1 unspecified atom stereocenters. The van der Waals surface area contributed by atoms with E-state index in [4.69, 9.17) is 10.5 Å². The fourth-order valence-electron chi connectivity index (χ4n) is 2.46. The molecule has 0 spiro atoms. The van der Waals surface area contributed by atoms with Gasteiger partial charge in [0.15, 0.2) is 0 Å². The Labute approximate surface area is 123 Å². The van der Waals surface area contributed by atoms with E-state index in [0.29, 0.717) is 16.7 Å². The first-order valence-electron chi connectivity index (χ1n) is 5.94. The van der Waals surface area contributed by atoms with Gasteiger partial charge in [-0.05, 0) is 18.2 Å². The van der Waals surface area contributed by atoms with Gasteiger partial charge in [0.25, 0.3) is 5.91 Å². The Morgan fingerprint density at radius 3 is 2.60 bits per heavy atom. The standard InChI is InChI=1S/C15H10BrNO3/c16-10-5-3-4-9(8-10)15(14(17)19)12-7-2-1-6-11(12)13(18)20-15/h1-8H,(H2,17,19). The van der Waals surface area contributed by atoms with Crippen molar-refractivity contribution in [2.75, 3.05) is 0 Å². The van der Waals surface area contributed by atoms with Crippen LogP contribution in [-0.2, 0) is 15.1 Å². The summed E-state index contributed by atoms with van der Waals surface area (Å²) in [5, 5.41) is 0. The summed E-state index contributed by atoms with van der Waals surface area (Å²) in [6.07, 6.45) is 0. The second-order valence-electron chi connectivity index (χ2n) is 4.49. The molecule has 2 N–H and O–H groups in total. The number of nitrogens with two attached hydrogens (primary N) is 1. The molecule has 1 atom stereocenters. The Bertz CT molecular complexity index is 729. The summed E-state index contributed by atoms with van der Waals surface area (Å²) >= 11 is 3.35. The van der Waals surface area contributed by atoms with Crippen molar-refractivity contribution < 1.29 is 14.3 Å². The van der Waals surface area contributed by atoms with E-state index < -0.39 is 17.5 Å². The topological polar surface area (TPSA) is 69.4 Å². The number of primary amides is 1. The van der Waals surface area contributed by atoms with Crippen molar-refractivity contribution >= 4 is 27.8 Å². The molecule has 1 amide bonds. The van der Waals surface area contributed by atoms with Gasteiger partial charge >= 0.3 is 5.97 Å². The quantitative estimate of drug-likeness (QED) is 0.859. The molecule has 2 aromatic carbocycles. The lowest BCUT2D eigenvalue weighted by atomic mass is 9.85. The summed E-state index contributed by atoms with van der Waals surface area (Å²) in [7, 11) is 0.